The van der Waals surface area contributed by atoms with Crippen molar-refractivity contribution in [3.63, 3.8) is 0 Å². The van der Waals surface area contributed by atoms with Crippen LogP contribution in [0, 0.1) is 5.82 Å². The van der Waals surface area contributed by atoms with Gasteiger partial charge in [0.05, 0.1) is 11.4 Å². The number of allylic oxidation sites excluding steroid dienone is 1. The molecule has 0 saturated carbocycles. The molecule has 0 fully saturated rings. The second-order valence-corrected chi connectivity index (χ2v) is 9.90. The molecular formula is C24H24FN3S2. The minimum atomic E-state index is -0.220. The van der Waals surface area contributed by atoms with Gasteiger partial charge in [0.25, 0.3) is 0 Å². The van der Waals surface area contributed by atoms with E-state index < -0.39 is 0 Å². The van der Waals surface area contributed by atoms with Gasteiger partial charge in [-0.05, 0) is 80.5 Å². The monoisotopic (exact) mass is 437 g/mol. The number of rotatable bonds is 3. The molecule has 30 heavy (non-hydrogen) atoms. The molecule has 1 unspecified atom stereocenters. The van der Waals surface area contributed by atoms with E-state index >= 15 is 0 Å². The molecule has 0 spiro atoms. The van der Waals surface area contributed by atoms with Crippen molar-refractivity contribution in [1.29, 1.82) is 0 Å². The fraction of sp³-hybridized carbons (Fsp3) is 0.292. The van der Waals surface area contributed by atoms with Gasteiger partial charge in [-0.3, -0.25) is 0 Å². The summed E-state index contributed by atoms with van der Waals surface area (Å²) in [6.45, 7) is 5.35. The van der Waals surface area contributed by atoms with Gasteiger partial charge in [0.2, 0.25) is 0 Å². The molecule has 0 aliphatic carbocycles. The molecule has 0 saturated heterocycles. The van der Waals surface area contributed by atoms with Crippen LogP contribution >= 0.6 is 23.1 Å². The van der Waals surface area contributed by atoms with Crippen LogP contribution in [-0.2, 0) is 6.42 Å². The zero-order chi connectivity index (χ0) is 20.7. The molecule has 0 bridgehead atoms. The molecule has 2 N–H and O–H groups in total. The van der Waals surface area contributed by atoms with Gasteiger partial charge in [-0.15, -0.1) is 11.3 Å². The number of hydrogen-bond acceptors (Lipinski definition) is 5. The largest absolute Gasteiger partial charge is 0.353 e. The number of anilines is 2. The molecule has 2 aliphatic heterocycles. The van der Waals surface area contributed by atoms with E-state index in [1.807, 2.05) is 12.1 Å². The van der Waals surface area contributed by atoms with Gasteiger partial charge < -0.3 is 10.6 Å². The molecule has 0 amide bonds. The molecule has 1 atom stereocenters. The summed E-state index contributed by atoms with van der Waals surface area (Å²) in [7, 11) is 0. The number of nitrogens with one attached hydrogen (secondary N) is 2. The van der Waals surface area contributed by atoms with E-state index in [0.29, 0.717) is 11.7 Å². The maximum atomic E-state index is 14.9. The number of thioether (sulfide) groups is 1. The number of nitrogens with zero attached hydrogens (tertiary/aromatic N) is 1. The quantitative estimate of drug-likeness (QED) is 0.468. The van der Waals surface area contributed by atoms with Crippen molar-refractivity contribution >= 4 is 50.3 Å². The molecule has 3 aromatic rings. The van der Waals surface area contributed by atoms with Gasteiger partial charge in [0, 0.05) is 27.4 Å². The summed E-state index contributed by atoms with van der Waals surface area (Å²) < 4.78 is 14.9. The number of pyridine rings is 1. The molecule has 1 aromatic carbocycles. The Morgan fingerprint density at radius 3 is 2.97 bits per heavy atom. The summed E-state index contributed by atoms with van der Waals surface area (Å²) in [6.07, 6.45) is 7.11. The molecule has 2 aromatic heterocycles. The van der Waals surface area contributed by atoms with Gasteiger partial charge in [-0.2, -0.15) is 0 Å². The number of hydrogen-bond donors (Lipinski definition) is 2. The lowest BCUT2D eigenvalue weighted by Gasteiger charge is -2.21. The van der Waals surface area contributed by atoms with Gasteiger partial charge in [-0.1, -0.05) is 23.4 Å². The van der Waals surface area contributed by atoms with Crippen molar-refractivity contribution in [3.05, 3.63) is 63.8 Å². The highest BCUT2D eigenvalue weighted by Gasteiger charge is 2.19. The lowest BCUT2D eigenvalue weighted by Crippen LogP contribution is -2.30. The SMILES string of the molecule is CC1=CSc2cc(F)c(Nc3ccnc4sc(C5=CCCNC5C)cc34)cc2CC1. The smallest absolute Gasteiger partial charge is 0.147 e. The average Bonchev–Trinajstić information content (AvgIpc) is 3.10. The molecule has 6 heteroatoms. The van der Waals surface area contributed by atoms with E-state index in [1.165, 1.54) is 21.6 Å². The van der Waals surface area contributed by atoms with Crippen LogP contribution in [-0.4, -0.2) is 17.6 Å². The van der Waals surface area contributed by atoms with Crippen LogP contribution in [0.5, 0.6) is 0 Å². The average molecular weight is 438 g/mol. The van der Waals surface area contributed by atoms with Crippen LogP contribution in [0.4, 0.5) is 15.8 Å². The Hall–Kier alpha value is -2.15. The third-order valence-corrected chi connectivity index (χ3v) is 7.99. The molecule has 4 heterocycles. The summed E-state index contributed by atoms with van der Waals surface area (Å²) in [5.41, 5.74) is 5.29. The predicted molar refractivity (Wildman–Crippen MR) is 127 cm³/mol. The van der Waals surface area contributed by atoms with Crippen LogP contribution in [0.1, 0.15) is 37.1 Å². The van der Waals surface area contributed by atoms with E-state index in [1.54, 1.807) is 35.4 Å². The number of aryl methyl sites for hydroxylation is 1. The number of halogens is 1. The van der Waals surface area contributed by atoms with Crippen molar-refractivity contribution in [3.8, 4) is 0 Å². The lowest BCUT2D eigenvalue weighted by atomic mass is 10.0. The summed E-state index contributed by atoms with van der Waals surface area (Å²) in [5.74, 6) is -0.220. The van der Waals surface area contributed by atoms with Crippen LogP contribution in [0.3, 0.4) is 0 Å². The molecule has 5 rings (SSSR count). The second kappa shape index (κ2) is 8.17. The summed E-state index contributed by atoms with van der Waals surface area (Å²) in [5, 5.41) is 10.0. The van der Waals surface area contributed by atoms with Crippen molar-refractivity contribution in [2.75, 3.05) is 11.9 Å². The lowest BCUT2D eigenvalue weighted by molar-refractivity contribution is 0.627. The van der Waals surface area contributed by atoms with E-state index in [2.05, 4.69) is 47.0 Å². The van der Waals surface area contributed by atoms with Gasteiger partial charge >= 0.3 is 0 Å². The van der Waals surface area contributed by atoms with Crippen LogP contribution in [0.25, 0.3) is 15.8 Å². The predicted octanol–water partition coefficient (Wildman–Crippen LogP) is 6.89. The maximum absolute atomic E-state index is 14.9. The molecule has 3 nitrogen and oxygen atoms in total. The normalized spacial score (nSPS) is 19.1. The van der Waals surface area contributed by atoms with Crippen LogP contribution in [0.2, 0.25) is 0 Å². The Morgan fingerprint density at radius 2 is 2.10 bits per heavy atom. The highest BCUT2D eigenvalue weighted by Crippen LogP contribution is 2.38. The number of fused-ring (bicyclic) bond motifs is 2. The van der Waals surface area contributed by atoms with Crippen molar-refractivity contribution in [1.82, 2.24) is 10.3 Å². The fourth-order valence-electron chi connectivity index (χ4n) is 4.02. The van der Waals surface area contributed by atoms with E-state index in [4.69, 9.17) is 0 Å². The summed E-state index contributed by atoms with van der Waals surface area (Å²) in [6, 6.07) is 8.09. The first-order valence-corrected chi connectivity index (χ1v) is 12.0. The first kappa shape index (κ1) is 19.8. The Morgan fingerprint density at radius 1 is 1.20 bits per heavy atom. The summed E-state index contributed by atoms with van der Waals surface area (Å²) in [4.78, 5) is 7.78. The van der Waals surface area contributed by atoms with Crippen molar-refractivity contribution in [2.24, 2.45) is 0 Å². The van der Waals surface area contributed by atoms with E-state index in [-0.39, 0.29) is 5.82 Å². The molecule has 2 aliphatic rings. The maximum Gasteiger partial charge on any atom is 0.147 e. The zero-order valence-corrected chi connectivity index (χ0v) is 18.7. The first-order chi connectivity index (χ1) is 14.6. The number of benzene rings is 1. The Balaban J connectivity index is 1.50. The van der Waals surface area contributed by atoms with Gasteiger partial charge in [-0.25, -0.2) is 9.37 Å². The number of thiophene rings is 1. The molecule has 154 valence electrons. The van der Waals surface area contributed by atoms with E-state index in [0.717, 1.165) is 46.6 Å². The van der Waals surface area contributed by atoms with E-state index in [9.17, 15) is 4.39 Å². The third kappa shape index (κ3) is 3.80. The molecular weight excluding hydrogens is 413 g/mol. The number of aromatic nitrogens is 1. The Kier molecular flexibility index (Phi) is 5.39. The first-order valence-electron chi connectivity index (χ1n) is 10.3. The Labute approximate surface area is 184 Å². The van der Waals surface area contributed by atoms with Gasteiger partial charge in [0.15, 0.2) is 0 Å². The third-order valence-electron chi connectivity index (χ3n) is 5.74. The Bertz CT molecular complexity index is 1180. The van der Waals surface area contributed by atoms with Crippen LogP contribution in [0.15, 0.2) is 52.4 Å². The zero-order valence-electron chi connectivity index (χ0n) is 17.1. The standard InChI is InChI=1S/C24H24FN3S2/c1-14-5-6-16-10-21(19(25)12-22(16)29-13-14)28-20-7-9-27-24-18(20)11-23(30-24)17-4-3-8-26-15(17)2/h4,7,9-13,15,26H,3,5-6,8H2,1-2H3,(H,27,28). The summed E-state index contributed by atoms with van der Waals surface area (Å²) >= 11 is 3.32. The van der Waals surface area contributed by atoms with Crippen molar-refractivity contribution < 1.29 is 4.39 Å². The minimum Gasteiger partial charge on any atom is -0.353 e. The minimum absolute atomic E-state index is 0.220. The van der Waals surface area contributed by atoms with Crippen LogP contribution < -0.4 is 10.6 Å². The topological polar surface area (TPSA) is 37.0 Å². The second-order valence-electron chi connectivity index (χ2n) is 7.96. The fourth-order valence-corrected chi connectivity index (χ4v) is 6.11. The highest BCUT2D eigenvalue weighted by molar-refractivity contribution is 8.02. The molecule has 0 radical (unpaired) electrons. The highest BCUT2D eigenvalue weighted by atomic mass is 32.2. The van der Waals surface area contributed by atoms with Gasteiger partial charge in [0.1, 0.15) is 10.6 Å². The van der Waals surface area contributed by atoms with Crippen molar-refractivity contribution in [2.45, 2.75) is 44.0 Å².